The molecule has 1 amide bonds. The van der Waals surface area contributed by atoms with Crippen molar-refractivity contribution in [3.8, 4) is 22.8 Å². The zero-order valence-electron chi connectivity index (χ0n) is 18.5. The van der Waals surface area contributed by atoms with Gasteiger partial charge in [-0.3, -0.25) is 9.48 Å². The molecular formula is C27H23N3O4. The summed E-state index contributed by atoms with van der Waals surface area (Å²) in [5, 5.41) is 16.9. The molecule has 4 aromatic rings. The molecule has 2 N–H and O–H groups in total. The van der Waals surface area contributed by atoms with Gasteiger partial charge in [-0.15, -0.1) is 0 Å². The zero-order chi connectivity index (χ0) is 23.9. The number of benzene rings is 3. The van der Waals surface area contributed by atoms with E-state index < -0.39 is 5.97 Å². The molecule has 0 atom stereocenters. The molecule has 1 aromatic heterocycles. The largest absolute Gasteiger partial charge is 0.477 e. The molecular weight excluding hydrogens is 430 g/mol. The van der Waals surface area contributed by atoms with Crippen LogP contribution >= 0.6 is 0 Å². The Morgan fingerprint density at radius 1 is 0.971 bits per heavy atom. The van der Waals surface area contributed by atoms with Gasteiger partial charge >= 0.3 is 5.97 Å². The monoisotopic (exact) mass is 453 g/mol. The van der Waals surface area contributed by atoms with Gasteiger partial charge in [-0.2, -0.15) is 5.10 Å². The normalized spacial score (nSPS) is 10.9. The second kappa shape index (κ2) is 10.3. The quantitative estimate of drug-likeness (QED) is 0.339. The minimum absolute atomic E-state index is 0.0880. The van der Waals surface area contributed by atoms with E-state index in [0.717, 1.165) is 16.9 Å². The lowest BCUT2D eigenvalue weighted by Crippen LogP contribution is -2.11. The fraction of sp³-hybridized carbons (Fsp3) is 0.0741. The van der Waals surface area contributed by atoms with Crippen LogP contribution in [0.15, 0.2) is 97.1 Å². The molecule has 170 valence electrons. The van der Waals surface area contributed by atoms with E-state index in [1.165, 1.54) is 10.8 Å². The van der Waals surface area contributed by atoms with Crippen molar-refractivity contribution >= 4 is 17.6 Å². The van der Waals surface area contributed by atoms with E-state index in [-0.39, 0.29) is 18.1 Å². The van der Waals surface area contributed by atoms with E-state index in [4.69, 9.17) is 4.74 Å². The maximum atomic E-state index is 11.8. The first kappa shape index (κ1) is 22.5. The molecule has 7 nitrogen and oxygen atoms in total. The first-order valence-corrected chi connectivity index (χ1v) is 10.7. The van der Waals surface area contributed by atoms with Crippen LogP contribution in [0.2, 0.25) is 0 Å². The summed E-state index contributed by atoms with van der Waals surface area (Å²) in [4.78, 5) is 23.5. The highest BCUT2D eigenvalue weighted by Crippen LogP contribution is 2.26. The van der Waals surface area contributed by atoms with Crippen molar-refractivity contribution in [3.05, 3.63) is 108 Å². The van der Waals surface area contributed by atoms with Gasteiger partial charge in [0.2, 0.25) is 5.91 Å². The lowest BCUT2D eigenvalue weighted by molar-refractivity contribution is -0.111. The molecule has 3 aromatic carbocycles. The van der Waals surface area contributed by atoms with Gasteiger partial charge in [0.05, 0.1) is 12.2 Å². The predicted octanol–water partition coefficient (Wildman–Crippen LogP) is 5.60. The number of hydrogen-bond donors (Lipinski definition) is 2. The van der Waals surface area contributed by atoms with Crippen LogP contribution in [0.25, 0.3) is 11.3 Å². The van der Waals surface area contributed by atoms with Crippen LogP contribution in [0.1, 0.15) is 23.0 Å². The number of carbonyl (C=O) groups is 2. The SMILES string of the molecule is C/C=C/C(=O)Nc1ccc(Cn2nc(-c3ccc(Oc4ccccc4)cc3)cc2C(=O)O)cc1. The van der Waals surface area contributed by atoms with Crippen molar-refractivity contribution in [1.29, 1.82) is 0 Å². The number of allylic oxidation sites excluding steroid dienone is 1. The third-order valence-electron chi connectivity index (χ3n) is 5.00. The second-order valence-corrected chi connectivity index (χ2v) is 7.50. The van der Waals surface area contributed by atoms with Gasteiger partial charge in [-0.1, -0.05) is 36.4 Å². The Morgan fingerprint density at radius 3 is 2.29 bits per heavy atom. The van der Waals surface area contributed by atoms with Crippen molar-refractivity contribution < 1.29 is 19.4 Å². The van der Waals surface area contributed by atoms with Crippen molar-refractivity contribution in [1.82, 2.24) is 9.78 Å². The third kappa shape index (κ3) is 5.58. The molecule has 0 bridgehead atoms. The maximum Gasteiger partial charge on any atom is 0.354 e. The van der Waals surface area contributed by atoms with Gasteiger partial charge in [0.1, 0.15) is 17.2 Å². The van der Waals surface area contributed by atoms with Gasteiger partial charge in [-0.05, 0) is 73.2 Å². The van der Waals surface area contributed by atoms with Gasteiger partial charge in [0.15, 0.2) is 0 Å². The lowest BCUT2D eigenvalue weighted by atomic mass is 10.1. The number of aromatic carboxylic acids is 1. The molecule has 0 aliphatic heterocycles. The topological polar surface area (TPSA) is 93.5 Å². The number of aromatic nitrogens is 2. The summed E-state index contributed by atoms with van der Waals surface area (Å²) in [7, 11) is 0. The molecule has 7 heteroatoms. The number of nitrogens with zero attached hydrogens (tertiary/aromatic N) is 2. The Kier molecular flexibility index (Phi) is 6.84. The number of para-hydroxylation sites is 1. The summed E-state index contributed by atoms with van der Waals surface area (Å²) < 4.78 is 7.27. The molecule has 0 aliphatic carbocycles. The van der Waals surface area contributed by atoms with Crippen LogP contribution in [0, 0.1) is 0 Å². The minimum Gasteiger partial charge on any atom is -0.477 e. The van der Waals surface area contributed by atoms with Crippen LogP contribution in [-0.2, 0) is 11.3 Å². The molecule has 0 aliphatic rings. The van der Waals surface area contributed by atoms with E-state index in [0.29, 0.717) is 17.1 Å². The number of carbonyl (C=O) groups excluding carboxylic acids is 1. The fourth-order valence-electron chi connectivity index (χ4n) is 3.37. The Morgan fingerprint density at radius 2 is 1.65 bits per heavy atom. The number of hydrogen-bond acceptors (Lipinski definition) is 4. The average Bonchev–Trinajstić information content (AvgIpc) is 3.26. The second-order valence-electron chi connectivity index (χ2n) is 7.50. The molecule has 34 heavy (non-hydrogen) atoms. The van der Waals surface area contributed by atoms with Crippen LogP contribution in [-0.4, -0.2) is 26.8 Å². The summed E-state index contributed by atoms with van der Waals surface area (Å²) in [5.41, 5.74) is 2.93. The lowest BCUT2D eigenvalue weighted by Gasteiger charge is -2.07. The number of ether oxygens (including phenoxy) is 1. The van der Waals surface area contributed by atoms with Crippen molar-refractivity contribution in [2.75, 3.05) is 5.32 Å². The number of carboxylic acid groups (broad SMARTS) is 1. The Labute approximate surface area is 196 Å². The summed E-state index contributed by atoms with van der Waals surface area (Å²) in [6, 6.07) is 25.6. The highest BCUT2D eigenvalue weighted by Gasteiger charge is 2.16. The first-order valence-electron chi connectivity index (χ1n) is 10.7. The summed E-state index contributed by atoms with van der Waals surface area (Å²) in [6.07, 6.45) is 3.11. The fourth-order valence-corrected chi connectivity index (χ4v) is 3.37. The van der Waals surface area contributed by atoms with E-state index in [2.05, 4.69) is 10.4 Å². The molecule has 1 heterocycles. The van der Waals surface area contributed by atoms with Crippen LogP contribution in [0.3, 0.4) is 0 Å². The summed E-state index contributed by atoms with van der Waals surface area (Å²) in [6.45, 7) is 2.05. The minimum atomic E-state index is -1.06. The van der Waals surface area contributed by atoms with Crippen molar-refractivity contribution in [2.24, 2.45) is 0 Å². The molecule has 0 saturated carbocycles. The molecule has 4 rings (SSSR count). The van der Waals surface area contributed by atoms with E-state index in [1.54, 1.807) is 31.2 Å². The Balaban J connectivity index is 1.50. The third-order valence-corrected chi connectivity index (χ3v) is 5.00. The number of rotatable bonds is 8. The summed E-state index contributed by atoms with van der Waals surface area (Å²) >= 11 is 0. The molecule has 0 fully saturated rings. The van der Waals surface area contributed by atoms with E-state index >= 15 is 0 Å². The molecule has 0 spiro atoms. The Bertz CT molecular complexity index is 1310. The number of nitrogens with one attached hydrogen (secondary N) is 1. The van der Waals surface area contributed by atoms with Crippen LogP contribution < -0.4 is 10.1 Å². The smallest absolute Gasteiger partial charge is 0.354 e. The number of amides is 1. The average molecular weight is 453 g/mol. The van der Waals surface area contributed by atoms with Crippen LogP contribution in [0.4, 0.5) is 5.69 Å². The van der Waals surface area contributed by atoms with Gasteiger partial charge < -0.3 is 15.2 Å². The van der Waals surface area contributed by atoms with E-state index in [9.17, 15) is 14.7 Å². The Hall–Kier alpha value is -4.65. The van der Waals surface area contributed by atoms with Crippen LogP contribution in [0.5, 0.6) is 11.5 Å². The highest BCUT2D eigenvalue weighted by atomic mass is 16.5. The van der Waals surface area contributed by atoms with Crippen molar-refractivity contribution in [2.45, 2.75) is 13.5 Å². The number of carboxylic acids is 1. The standard InChI is InChI=1S/C27H23N3O4/c1-2-6-26(31)28-21-13-9-19(10-14-21)18-30-25(27(32)33)17-24(29-30)20-11-15-23(16-12-20)34-22-7-4-3-5-8-22/h2-17H,18H2,1H3,(H,28,31)(H,32,33)/b6-2+. The molecule has 0 unspecified atom stereocenters. The van der Waals surface area contributed by atoms with Gasteiger partial charge in [0, 0.05) is 11.3 Å². The van der Waals surface area contributed by atoms with Gasteiger partial charge in [0.25, 0.3) is 0 Å². The highest BCUT2D eigenvalue weighted by molar-refractivity contribution is 5.99. The number of anilines is 1. The van der Waals surface area contributed by atoms with Crippen molar-refractivity contribution in [3.63, 3.8) is 0 Å². The molecule has 0 radical (unpaired) electrons. The zero-order valence-corrected chi connectivity index (χ0v) is 18.5. The summed E-state index contributed by atoms with van der Waals surface area (Å²) in [5.74, 6) is 0.146. The molecule has 0 saturated heterocycles. The predicted molar refractivity (Wildman–Crippen MR) is 130 cm³/mol. The first-order chi connectivity index (χ1) is 16.5. The van der Waals surface area contributed by atoms with E-state index in [1.807, 2.05) is 66.7 Å². The maximum absolute atomic E-state index is 11.8. The van der Waals surface area contributed by atoms with Gasteiger partial charge in [-0.25, -0.2) is 4.79 Å².